The Hall–Kier alpha value is -3.54. The maximum absolute atomic E-state index is 14.3. The number of esters is 1. The highest BCUT2D eigenvalue weighted by atomic mass is 79.9. The number of hydrogen-bond donors (Lipinski definition) is 0. The second-order valence-electron chi connectivity index (χ2n) is 9.49. The summed E-state index contributed by atoms with van der Waals surface area (Å²) in [5.74, 6) is 0.230. The van der Waals surface area contributed by atoms with Crippen molar-refractivity contribution in [1.29, 1.82) is 0 Å². The van der Waals surface area contributed by atoms with Gasteiger partial charge in [-0.15, -0.1) is 0 Å². The van der Waals surface area contributed by atoms with Gasteiger partial charge < -0.3 is 14.2 Å². The topological polar surface area (TPSA) is 79.1 Å². The summed E-state index contributed by atoms with van der Waals surface area (Å²) in [6.07, 6.45) is 1.72. The van der Waals surface area contributed by atoms with Crippen LogP contribution in [0.2, 0.25) is 0 Å². The number of fused-ring (bicyclic) bond motifs is 1. The van der Waals surface area contributed by atoms with E-state index in [1.807, 2.05) is 43.3 Å². The molecule has 1 aromatic heterocycles. The van der Waals surface area contributed by atoms with Gasteiger partial charge in [-0.1, -0.05) is 57.6 Å². The molecule has 0 N–H and O–H groups in total. The van der Waals surface area contributed by atoms with Gasteiger partial charge in [0.2, 0.25) is 0 Å². The van der Waals surface area contributed by atoms with Gasteiger partial charge >= 0.3 is 5.97 Å². The number of nitrogens with zero attached hydrogens (tertiary/aromatic N) is 2. The monoisotopic (exact) mass is 728 g/mol. The molecule has 1 aliphatic heterocycles. The van der Waals surface area contributed by atoms with E-state index < -0.39 is 12.0 Å². The molecule has 0 spiro atoms. The fourth-order valence-electron chi connectivity index (χ4n) is 4.77. The summed E-state index contributed by atoms with van der Waals surface area (Å²) in [7, 11) is 0. The molecule has 0 amide bonds. The van der Waals surface area contributed by atoms with Crippen molar-refractivity contribution in [2.45, 2.75) is 33.4 Å². The van der Waals surface area contributed by atoms with Crippen molar-refractivity contribution < 1.29 is 23.4 Å². The zero-order chi connectivity index (χ0) is 30.7. The lowest BCUT2D eigenvalue weighted by Gasteiger charge is -2.24. The molecule has 1 aliphatic rings. The quantitative estimate of drug-likeness (QED) is 0.186. The minimum Gasteiger partial charge on any atom is -0.494 e. The third kappa shape index (κ3) is 6.53. The second kappa shape index (κ2) is 13.4. The molecule has 1 atom stereocenters. The summed E-state index contributed by atoms with van der Waals surface area (Å²) >= 11 is 8.27. The van der Waals surface area contributed by atoms with Gasteiger partial charge in [0.1, 0.15) is 23.9 Å². The van der Waals surface area contributed by atoms with Crippen molar-refractivity contribution in [1.82, 2.24) is 4.57 Å². The maximum atomic E-state index is 14.3. The standard InChI is InChI=1S/C32H27Br2FN2O5S/c1-4-40-23-12-10-19(11-13-23)28-27(31(39)41-5-2)18(3)36-32-37(28)30(38)26(43-32)15-21-14-22(33)16-24(34)29(21)42-17-20-8-6-7-9-25(20)35/h6-16,28H,4-5,17H2,1-3H3/b26-15-/t28-/m1/s1. The molecule has 7 nitrogen and oxygen atoms in total. The molecule has 0 radical (unpaired) electrons. The van der Waals surface area contributed by atoms with Gasteiger partial charge in [0.25, 0.3) is 5.56 Å². The smallest absolute Gasteiger partial charge is 0.338 e. The van der Waals surface area contributed by atoms with Crippen LogP contribution in [0.3, 0.4) is 0 Å². The zero-order valence-electron chi connectivity index (χ0n) is 23.5. The van der Waals surface area contributed by atoms with Crippen molar-refractivity contribution in [2.75, 3.05) is 13.2 Å². The molecular formula is C32H27Br2FN2O5S. The van der Waals surface area contributed by atoms with Gasteiger partial charge in [-0.25, -0.2) is 14.2 Å². The number of aromatic nitrogens is 1. The van der Waals surface area contributed by atoms with Crippen molar-refractivity contribution in [3.63, 3.8) is 0 Å². The summed E-state index contributed by atoms with van der Waals surface area (Å²) < 4.78 is 34.6. The van der Waals surface area contributed by atoms with Gasteiger partial charge in [0.15, 0.2) is 4.80 Å². The lowest BCUT2D eigenvalue weighted by Crippen LogP contribution is -2.39. The van der Waals surface area contributed by atoms with Crippen LogP contribution in [0.5, 0.6) is 11.5 Å². The second-order valence-corrected chi connectivity index (χ2v) is 12.3. The van der Waals surface area contributed by atoms with Gasteiger partial charge in [-0.05, 0) is 78.7 Å². The molecule has 0 saturated carbocycles. The minimum atomic E-state index is -0.751. The van der Waals surface area contributed by atoms with Crippen LogP contribution in [0, 0.1) is 5.82 Å². The van der Waals surface area contributed by atoms with E-state index in [2.05, 4.69) is 36.9 Å². The van der Waals surface area contributed by atoms with Crippen LogP contribution < -0.4 is 24.4 Å². The minimum absolute atomic E-state index is 0.00513. The molecule has 0 fully saturated rings. The molecule has 4 aromatic rings. The average molecular weight is 730 g/mol. The van der Waals surface area contributed by atoms with Crippen LogP contribution >= 0.6 is 43.2 Å². The third-order valence-electron chi connectivity index (χ3n) is 6.68. The number of ether oxygens (including phenoxy) is 3. The van der Waals surface area contributed by atoms with Crippen LogP contribution in [-0.4, -0.2) is 23.8 Å². The molecule has 11 heteroatoms. The first-order chi connectivity index (χ1) is 20.7. The number of thiazole rings is 1. The Labute approximate surface area is 268 Å². The van der Waals surface area contributed by atoms with Crippen LogP contribution in [0.1, 0.15) is 43.5 Å². The Balaban J connectivity index is 1.64. The van der Waals surface area contributed by atoms with E-state index in [0.717, 1.165) is 4.47 Å². The largest absolute Gasteiger partial charge is 0.494 e. The van der Waals surface area contributed by atoms with Crippen LogP contribution in [0.4, 0.5) is 4.39 Å². The van der Waals surface area contributed by atoms with Gasteiger partial charge in [0, 0.05) is 15.6 Å². The lowest BCUT2D eigenvalue weighted by molar-refractivity contribution is -0.139. The summed E-state index contributed by atoms with van der Waals surface area (Å²) in [6, 6.07) is 16.6. The Morgan fingerprint density at radius 2 is 1.81 bits per heavy atom. The number of hydrogen-bond acceptors (Lipinski definition) is 7. The Morgan fingerprint density at radius 3 is 2.51 bits per heavy atom. The summed E-state index contributed by atoms with van der Waals surface area (Å²) in [5.41, 5.74) is 2.16. The van der Waals surface area contributed by atoms with Crippen LogP contribution in [0.15, 0.2) is 90.7 Å². The molecule has 222 valence electrons. The molecule has 0 saturated heterocycles. The first-order valence-electron chi connectivity index (χ1n) is 13.5. The number of allylic oxidation sites excluding steroid dienone is 1. The van der Waals surface area contributed by atoms with Gasteiger partial charge in [-0.3, -0.25) is 9.36 Å². The lowest BCUT2D eigenvalue weighted by atomic mass is 9.96. The van der Waals surface area contributed by atoms with E-state index in [1.165, 1.54) is 22.0 Å². The molecule has 0 aliphatic carbocycles. The predicted octanol–water partition coefficient (Wildman–Crippen LogP) is 6.44. The van der Waals surface area contributed by atoms with E-state index >= 15 is 0 Å². The molecule has 2 heterocycles. The highest BCUT2D eigenvalue weighted by Crippen LogP contribution is 2.35. The van der Waals surface area contributed by atoms with Crippen molar-refractivity contribution in [2.24, 2.45) is 4.99 Å². The van der Waals surface area contributed by atoms with Crippen molar-refractivity contribution in [3.8, 4) is 11.5 Å². The van der Waals surface area contributed by atoms with Gasteiger partial charge in [-0.2, -0.15) is 0 Å². The maximum Gasteiger partial charge on any atom is 0.338 e. The summed E-state index contributed by atoms with van der Waals surface area (Å²) in [4.78, 5) is 32.3. The Morgan fingerprint density at radius 1 is 1.07 bits per heavy atom. The Kier molecular flexibility index (Phi) is 9.63. The fraction of sp³-hybridized carbons (Fsp3) is 0.219. The summed E-state index contributed by atoms with van der Waals surface area (Å²) in [6.45, 7) is 6.07. The first kappa shape index (κ1) is 30.9. The number of carbonyl (C=O) groups is 1. The zero-order valence-corrected chi connectivity index (χ0v) is 27.5. The number of carbonyl (C=O) groups excluding carboxylic acids is 1. The number of benzene rings is 3. The molecule has 3 aromatic carbocycles. The number of rotatable bonds is 9. The van der Waals surface area contributed by atoms with E-state index in [4.69, 9.17) is 14.2 Å². The van der Waals surface area contributed by atoms with E-state index in [0.29, 0.717) is 59.9 Å². The molecule has 0 bridgehead atoms. The SMILES string of the molecule is CCOC(=O)C1=C(C)N=c2s/c(=C\c3cc(Br)cc(Br)c3OCc3ccccc3F)c(=O)n2[C@@H]1c1ccc(OCC)cc1. The third-order valence-corrected chi connectivity index (χ3v) is 8.71. The van der Waals surface area contributed by atoms with Gasteiger partial charge in [0.05, 0.1) is 39.5 Å². The molecule has 0 unspecified atom stereocenters. The molecule has 5 rings (SSSR count). The van der Waals surface area contributed by atoms with E-state index in [9.17, 15) is 14.0 Å². The molecule has 43 heavy (non-hydrogen) atoms. The Bertz CT molecular complexity index is 1900. The fourth-order valence-corrected chi connectivity index (χ4v) is 7.18. The number of halogens is 3. The predicted molar refractivity (Wildman–Crippen MR) is 171 cm³/mol. The van der Waals surface area contributed by atoms with Crippen LogP contribution in [-0.2, 0) is 16.1 Å². The highest BCUT2D eigenvalue weighted by Gasteiger charge is 2.33. The summed E-state index contributed by atoms with van der Waals surface area (Å²) in [5, 5.41) is 0. The van der Waals surface area contributed by atoms with Crippen molar-refractivity contribution in [3.05, 3.63) is 123 Å². The van der Waals surface area contributed by atoms with E-state index in [-0.39, 0.29) is 24.6 Å². The molecular weight excluding hydrogens is 703 g/mol. The average Bonchev–Trinajstić information content (AvgIpc) is 3.27. The van der Waals surface area contributed by atoms with E-state index in [1.54, 1.807) is 38.1 Å². The van der Waals surface area contributed by atoms with Crippen LogP contribution in [0.25, 0.3) is 6.08 Å². The van der Waals surface area contributed by atoms with Crippen molar-refractivity contribution >= 4 is 55.2 Å². The first-order valence-corrected chi connectivity index (χ1v) is 15.9. The highest BCUT2D eigenvalue weighted by molar-refractivity contribution is 9.11. The normalized spacial score (nSPS) is 14.7.